The largest absolute Gasteiger partial charge is 0.416 e. The Hall–Kier alpha value is -1.88. The highest BCUT2D eigenvalue weighted by Crippen LogP contribution is 2.33. The molecule has 1 nitrogen and oxygen atoms in total. The van der Waals surface area contributed by atoms with Crippen molar-refractivity contribution in [1.82, 2.24) is 4.98 Å². The molecule has 0 spiro atoms. The second kappa shape index (κ2) is 4.59. The molecule has 0 atom stereocenters. The van der Waals surface area contributed by atoms with Crippen molar-refractivity contribution in [3.8, 4) is 10.6 Å². The van der Waals surface area contributed by atoms with Crippen LogP contribution in [0.25, 0.3) is 20.8 Å². The van der Waals surface area contributed by atoms with E-state index in [-0.39, 0.29) is 0 Å². The van der Waals surface area contributed by atoms with Gasteiger partial charge in [0.05, 0.1) is 15.8 Å². The minimum atomic E-state index is -4.30. The van der Waals surface area contributed by atoms with Crippen LogP contribution in [0.5, 0.6) is 0 Å². The van der Waals surface area contributed by atoms with Crippen LogP contribution in [0.2, 0.25) is 0 Å². The number of halogens is 3. The lowest BCUT2D eigenvalue weighted by Gasteiger charge is -2.06. The highest BCUT2D eigenvalue weighted by Gasteiger charge is 2.30. The maximum Gasteiger partial charge on any atom is 0.416 e. The van der Waals surface area contributed by atoms with Crippen LogP contribution in [0.1, 0.15) is 11.1 Å². The molecule has 20 heavy (non-hydrogen) atoms. The van der Waals surface area contributed by atoms with Gasteiger partial charge in [-0.2, -0.15) is 13.2 Å². The summed E-state index contributed by atoms with van der Waals surface area (Å²) in [6.07, 6.45) is -4.30. The van der Waals surface area contributed by atoms with E-state index >= 15 is 0 Å². The first-order valence-corrected chi connectivity index (χ1v) is 6.80. The first kappa shape index (κ1) is 13.1. The fourth-order valence-corrected chi connectivity index (χ4v) is 2.91. The molecule has 0 saturated heterocycles. The van der Waals surface area contributed by atoms with Crippen molar-refractivity contribution < 1.29 is 13.2 Å². The molecule has 0 aliphatic rings. The number of hydrogen-bond donors (Lipinski definition) is 0. The molecule has 0 amide bonds. The van der Waals surface area contributed by atoms with E-state index in [1.54, 1.807) is 0 Å². The fraction of sp³-hybridized carbons (Fsp3) is 0.133. The van der Waals surface area contributed by atoms with Gasteiger partial charge in [-0.3, -0.25) is 0 Å². The van der Waals surface area contributed by atoms with Crippen molar-refractivity contribution >= 4 is 21.6 Å². The number of aromatic nitrogens is 1. The van der Waals surface area contributed by atoms with Gasteiger partial charge < -0.3 is 0 Å². The Morgan fingerprint density at radius 1 is 1.00 bits per heavy atom. The zero-order valence-corrected chi connectivity index (χ0v) is 11.3. The topological polar surface area (TPSA) is 12.9 Å². The molecule has 5 heteroatoms. The van der Waals surface area contributed by atoms with Gasteiger partial charge in [-0.15, -0.1) is 11.3 Å². The average molecular weight is 293 g/mol. The van der Waals surface area contributed by atoms with Gasteiger partial charge in [-0.05, 0) is 36.8 Å². The van der Waals surface area contributed by atoms with Gasteiger partial charge in [-0.25, -0.2) is 4.98 Å². The summed E-state index contributed by atoms with van der Waals surface area (Å²) in [4.78, 5) is 4.47. The first-order chi connectivity index (χ1) is 9.43. The van der Waals surface area contributed by atoms with Crippen LogP contribution in [0.4, 0.5) is 13.2 Å². The molecule has 0 N–H and O–H groups in total. The summed E-state index contributed by atoms with van der Waals surface area (Å²) < 4.78 is 38.6. The second-order valence-electron chi connectivity index (χ2n) is 4.57. The summed E-state index contributed by atoms with van der Waals surface area (Å²) in [6, 6.07) is 11.1. The SMILES string of the molecule is Cc1ccc2sc(-c3ccc(C(F)(F)F)cc3)nc2c1. The molecule has 1 heterocycles. The zero-order valence-electron chi connectivity index (χ0n) is 10.5. The van der Waals surface area contributed by atoms with Crippen molar-refractivity contribution in [2.45, 2.75) is 13.1 Å². The predicted octanol–water partition coefficient (Wildman–Crippen LogP) is 5.29. The third-order valence-electron chi connectivity index (χ3n) is 3.00. The van der Waals surface area contributed by atoms with E-state index in [2.05, 4.69) is 4.98 Å². The van der Waals surface area contributed by atoms with Gasteiger partial charge in [-0.1, -0.05) is 18.2 Å². The van der Waals surface area contributed by atoms with E-state index in [4.69, 9.17) is 0 Å². The van der Waals surface area contributed by atoms with Gasteiger partial charge >= 0.3 is 6.18 Å². The molecular weight excluding hydrogens is 283 g/mol. The number of rotatable bonds is 1. The molecule has 0 radical (unpaired) electrons. The quantitative estimate of drug-likeness (QED) is 0.594. The van der Waals surface area contributed by atoms with Crippen molar-refractivity contribution in [2.24, 2.45) is 0 Å². The third kappa shape index (κ3) is 2.41. The second-order valence-corrected chi connectivity index (χ2v) is 5.60. The number of aryl methyl sites for hydroxylation is 1. The van der Waals surface area contributed by atoms with E-state index in [9.17, 15) is 13.2 Å². The maximum absolute atomic E-state index is 12.5. The fourth-order valence-electron chi connectivity index (χ4n) is 1.96. The molecule has 0 fully saturated rings. The van der Waals surface area contributed by atoms with E-state index in [0.717, 1.165) is 32.9 Å². The Balaban J connectivity index is 2.02. The van der Waals surface area contributed by atoms with Crippen LogP contribution in [-0.4, -0.2) is 4.98 Å². The maximum atomic E-state index is 12.5. The molecule has 0 unspecified atom stereocenters. The number of thiazole rings is 1. The van der Waals surface area contributed by atoms with Crippen molar-refractivity contribution in [1.29, 1.82) is 0 Å². The Morgan fingerprint density at radius 3 is 2.35 bits per heavy atom. The zero-order chi connectivity index (χ0) is 14.3. The average Bonchev–Trinajstić information content (AvgIpc) is 2.80. The monoisotopic (exact) mass is 293 g/mol. The summed E-state index contributed by atoms with van der Waals surface area (Å²) >= 11 is 1.48. The van der Waals surface area contributed by atoms with E-state index in [1.165, 1.54) is 23.5 Å². The summed E-state index contributed by atoms with van der Waals surface area (Å²) in [5.74, 6) is 0. The van der Waals surface area contributed by atoms with Gasteiger partial charge in [0, 0.05) is 5.56 Å². The lowest BCUT2D eigenvalue weighted by Crippen LogP contribution is -2.03. The molecule has 3 rings (SSSR count). The van der Waals surface area contributed by atoms with Gasteiger partial charge in [0.1, 0.15) is 5.01 Å². The van der Waals surface area contributed by atoms with Crippen LogP contribution in [-0.2, 0) is 6.18 Å². The molecule has 0 bridgehead atoms. The molecular formula is C15H10F3NS. The smallest absolute Gasteiger partial charge is 0.236 e. The lowest BCUT2D eigenvalue weighted by atomic mass is 10.1. The molecule has 102 valence electrons. The summed E-state index contributed by atoms with van der Waals surface area (Å²) in [7, 11) is 0. The number of benzene rings is 2. The molecule has 1 aromatic heterocycles. The number of nitrogens with zero attached hydrogens (tertiary/aromatic N) is 1. The molecule has 3 aromatic rings. The van der Waals surface area contributed by atoms with Crippen LogP contribution < -0.4 is 0 Å². The minimum absolute atomic E-state index is 0.641. The van der Waals surface area contributed by atoms with Gasteiger partial charge in [0.25, 0.3) is 0 Å². The van der Waals surface area contributed by atoms with Gasteiger partial charge in [0.2, 0.25) is 0 Å². The van der Waals surface area contributed by atoms with E-state index < -0.39 is 11.7 Å². The highest BCUT2D eigenvalue weighted by atomic mass is 32.1. The normalized spacial score (nSPS) is 12.0. The molecule has 2 aromatic carbocycles. The molecule has 0 saturated carbocycles. The van der Waals surface area contributed by atoms with Gasteiger partial charge in [0.15, 0.2) is 0 Å². The Kier molecular flexibility index (Phi) is 3.01. The summed E-state index contributed by atoms with van der Waals surface area (Å²) in [5, 5.41) is 0.735. The van der Waals surface area contributed by atoms with Crippen LogP contribution in [0.15, 0.2) is 42.5 Å². The first-order valence-electron chi connectivity index (χ1n) is 5.98. The van der Waals surface area contributed by atoms with Crippen LogP contribution >= 0.6 is 11.3 Å². The summed E-state index contributed by atoms with van der Waals surface area (Å²) in [5.41, 5.74) is 2.06. The van der Waals surface area contributed by atoms with E-state index in [0.29, 0.717) is 5.56 Å². The molecule has 0 aliphatic carbocycles. The lowest BCUT2D eigenvalue weighted by molar-refractivity contribution is -0.137. The Labute approximate surface area is 117 Å². The Morgan fingerprint density at radius 2 is 1.70 bits per heavy atom. The summed E-state index contributed by atoms with van der Waals surface area (Å²) in [6.45, 7) is 1.98. The van der Waals surface area contributed by atoms with Crippen molar-refractivity contribution in [2.75, 3.05) is 0 Å². The van der Waals surface area contributed by atoms with Crippen LogP contribution in [0.3, 0.4) is 0 Å². The molecule has 0 aliphatic heterocycles. The predicted molar refractivity (Wildman–Crippen MR) is 74.8 cm³/mol. The number of alkyl halides is 3. The number of fused-ring (bicyclic) bond motifs is 1. The van der Waals surface area contributed by atoms with Crippen LogP contribution in [0, 0.1) is 6.92 Å². The van der Waals surface area contributed by atoms with Crippen molar-refractivity contribution in [3.05, 3.63) is 53.6 Å². The van der Waals surface area contributed by atoms with Crippen molar-refractivity contribution in [3.63, 3.8) is 0 Å². The Bertz CT molecular complexity index is 757. The minimum Gasteiger partial charge on any atom is -0.236 e. The standard InChI is InChI=1S/C15H10F3NS/c1-9-2-7-13-12(8-9)19-14(20-13)10-3-5-11(6-4-10)15(16,17)18/h2-8H,1H3. The number of hydrogen-bond acceptors (Lipinski definition) is 2. The van der Waals surface area contributed by atoms with E-state index in [1.807, 2.05) is 25.1 Å². The highest BCUT2D eigenvalue weighted by molar-refractivity contribution is 7.21. The third-order valence-corrected chi connectivity index (χ3v) is 4.09.